The molecule has 7 heteroatoms. The summed E-state index contributed by atoms with van der Waals surface area (Å²) in [6.07, 6.45) is -1.45. The van der Waals surface area contributed by atoms with Crippen LogP contribution in [-0.2, 0) is 11.3 Å². The maximum atomic E-state index is 11.3. The zero-order valence-electron chi connectivity index (χ0n) is 9.97. The van der Waals surface area contributed by atoms with E-state index in [1.54, 1.807) is 11.3 Å². The van der Waals surface area contributed by atoms with Crippen molar-refractivity contribution in [3.63, 3.8) is 0 Å². The summed E-state index contributed by atoms with van der Waals surface area (Å²) >= 11 is 1.60. The quantitative estimate of drug-likeness (QED) is 0.612. The van der Waals surface area contributed by atoms with Gasteiger partial charge in [0.25, 0.3) is 0 Å². The highest BCUT2D eigenvalue weighted by atomic mass is 32.1. The summed E-state index contributed by atoms with van der Waals surface area (Å²) in [5.74, 6) is -1.29. The smallest absolute Gasteiger partial charge is 0.332 e. The number of carbonyl (C=O) groups excluding carboxylic acids is 1. The first-order chi connectivity index (χ1) is 8.49. The second-order valence-corrected chi connectivity index (χ2v) is 5.14. The van der Waals surface area contributed by atoms with Gasteiger partial charge in [0.05, 0.1) is 6.54 Å². The van der Waals surface area contributed by atoms with Crippen LogP contribution in [-0.4, -0.2) is 34.9 Å². The van der Waals surface area contributed by atoms with Crippen LogP contribution in [0.3, 0.4) is 0 Å². The van der Waals surface area contributed by atoms with Crippen molar-refractivity contribution in [3.8, 4) is 0 Å². The number of aliphatic carboxylic acids is 1. The molecule has 0 aliphatic rings. The Morgan fingerprint density at radius 1 is 1.39 bits per heavy atom. The number of carboxylic acids is 1. The van der Waals surface area contributed by atoms with Gasteiger partial charge in [-0.25, -0.2) is 9.59 Å². The Hall–Kier alpha value is -1.60. The summed E-state index contributed by atoms with van der Waals surface area (Å²) in [6.45, 7) is 2.54. The lowest BCUT2D eigenvalue weighted by Crippen LogP contribution is -2.37. The van der Waals surface area contributed by atoms with Gasteiger partial charge in [0.15, 0.2) is 6.10 Å². The molecule has 6 nitrogen and oxygen atoms in total. The van der Waals surface area contributed by atoms with Gasteiger partial charge < -0.3 is 20.8 Å². The first-order valence-corrected chi connectivity index (χ1v) is 6.28. The average Bonchev–Trinajstić information content (AvgIpc) is 2.72. The molecular weight excluding hydrogens is 256 g/mol. The predicted octanol–water partition coefficient (Wildman–Crippen LogP) is 0.691. The van der Waals surface area contributed by atoms with Gasteiger partial charge in [-0.15, -0.1) is 11.3 Å². The molecule has 1 heterocycles. The van der Waals surface area contributed by atoms with Crippen molar-refractivity contribution in [1.82, 2.24) is 10.6 Å². The Labute approximate surface area is 109 Å². The molecule has 0 fully saturated rings. The lowest BCUT2D eigenvalue weighted by Gasteiger charge is -2.08. The number of carbonyl (C=O) groups is 2. The number of rotatable bonds is 6. The van der Waals surface area contributed by atoms with E-state index in [0.717, 1.165) is 4.88 Å². The summed E-state index contributed by atoms with van der Waals surface area (Å²) < 4.78 is 0. The highest BCUT2D eigenvalue weighted by Gasteiger charge is 2.12. The van der Waals surface area contributed by atoms with Crippen LogP contribution in [0.1, 0.15) is 16.2 Å². The molecule has 0 aliphatic carbocycles. The van der Waals surface area contributed by atoms with E-state index in [1.807, 2.05) is 19.1 Å². The van der Waals surface area contributed by atoms with Crippen molar-refractivity contribution in [2.45, 2.75) is 26.0 Å². The number of hydrogen-bond acceptors (Lipinski definition) is 4. The average molecular weight is 272 g/mol. The fourth-order valence-corrected chi connectivity index (χ4v) is 2.09. The van der Waals surface area contributed by atoms with Gasteiger partial charge in [0.2, 0.25) is 0 Å². The number of carboxylic acid groups (broad SMARTS) is 1. The van der Waals surface area contributed by atoms with Gasteiger partial charge in [-0.3, -0.25) is 0 Å². The van der Waals surface area contributed by atoms with Crippen LogP contribution >= 0.6 is 11.3 Å². The number of hydrogen-bond donors (Lipinski definition) is 4. The number of aliphatic hydroxyl groups is 1. The minimum absolute atomic E-state index is 0.0130. The Kier molecular flexibility index (Phi) is 5.60. The Morgan fingerprint density at radius 2 is 2.11 bits per heavy atom. The standard InChI is InChI=1S/C11H16N2O4S/c1-7-2-3-8(18-7)6-13-11(17)12-5-4-9(14)10(15)16/h2-3,9,14H,4-6H2,1H3,(H,15,16)(H2,12,13,17)/t9-/m0/s1. The minimum atomic E-state index is -1.44. The summed E-state index contributed by atoms with van der Waals surface area (Å²) in [5.41, 5.74) is 0. The number of amides is 2. The monoisotopic (exact) mass is 272 g/mol. The zero-order valence-corrected chi connectivity index (χ0v) is 10.8. The predicted molar refractivity (Wildman–Crippen MR) is 67.6 cm³/mol. The number of nitrogens with one attached hydrogen (secondary N) is 2. The molecule has 0 saturated heterocycles. The molecular formula is C11H16N2O4S. The highest BCUT2D eigenvalue weighted by molar-refractivity contribution is 7.11. The Balaban J connectivity index is 2.16. The number of thiophene rings is 1. The highest BCUT2D eigenvalue weighted by Crippen LogP contribution is 2.14. The lowest BCUT2D eigenvalue weighted by atomic mass is 10.2. The van der Waals surface area contributed by atoms with E-state index >= 15 is 0 Å². The first kappa shape index (κ1) is 14.5. The largest absolute Gasteiger partial charge is 0.479 e. The fraction of sp³-hybridized carbons (Fsp3) is 0.455. The van der Waals surface area contributed by atoms with Gasteiger partial charge in [0.1, 0.15) is 0 Å². The molecule has 0 saturated carbocycles. The van der Waals surface area contributed by atoms with Crippen molar-refractivity contribution in [3.05, 3.63) is 21.9 Å². The second-order valence-electron chi connectivity index (χ2n) is 3.76. The minimum Gasteiger partial charge on any atom is -0.479 e. The molecule has 1 aromatic heterocycles. The van der Waals surface area contributed by atoms with E-state index < -0.39 is 12.1 Å². The molecule has 1 aromatic rings. The maximum Gasteiger partial charge on any atom is 0.332 e. The first-order valence-electron chi connectivity index (χ1n) is 5.47. The lowest BCUT2D eigenvalue weighted by molar-refractivity contribution is -0.146. The van der Waals surface area contributed by atoms with Gasteiger partial charge >= 0.3 is 12.0 Å². The van der Waals surface area contributed by atoms with Crippen LogP contribution in [0.2, 0.25) is 0 Å². The maximum absolute atomic E-state index is 11.3. The van der Waals surface area contributed by atoms with E-state index in [0.29, 0.717) is 6.54 Å². The van der Waals surface area contributed by atoms with Crippen molar-refractivity contribution in [2.24, 2.45) is 0 Å². The van der Waals surface area contributed by atoms with E-state index in [9.17, 15) is 9.59 Å². The van der Waals surface area contributed by atoms with E-state index in [-0.39, 0.29) is 19.0 Å². The molecule has 0 aromatic carbocycles. The Morgan fingerprint density at radius 3 is 2.67 bits per heavy atom. The fourth-order valence-electron chi connectivity index (χ4n) is 1.26. The van der Waals surface area contributed by atoms with Crippen molar-refractivity contribution < 1.29 is 19.8 Å². The third kappa shape index (κ3) is 5.15. The van der Waals surface area contributed by atoms with Gasteiger partial charge in [-0.2, -0.15) is 0 Å². The van der Waals surface area contributed by atoms with Crippen LogP contribution in [0, 0.1) is 6.92 Å². The van der Waals surface area contributed by atoms with Crippen LogP contribution in [0.5, 0.6) is 0 Å². The van der Waals surface area contributed by atoms with Crippen LogP contribution in [0.25, 0.3) is 0 Å². The molecule has 100 valence electrons. The van der Waals surface area contributed by atoms with Crippen LogP contribution in [0.15, 0.2) is 12.1 Å². The van der Waals surface area contributed by atoms with E-state index in [2.05, 4.69) is 10.6 Å². The van der Waals surface area contributed by atoms with Crippen molar-refractivity contribution >= 4 is 23.3 Å². The molecule has 0 spiro atoms. The topological polar surface area (TPSA) is 98.7 Å². The van der Waals surface area contributed by atoms with Crippen molar-refractivity contribution in [2.75, 3.05) is 6.54 Å². The molecule has 4 N–H and O–H groups in total. The molecule has 1 rings (SSSR count). The van der Waals surface area contributed by atoms with E-state index in [4.69, 9.17) is 10.2 Å². The molecule has 0 aliphatic heterocycles. The molecule has 1 atom stereocenters. The number of aliphatic hydroxyl groups excluding tert-OH is 1. The van der Waals surface area contributed by atoms with Gasteiger partial charge in [-0.05, 0) is 19.1 Å². The normalized spacial score (nSPS) is 11.9. The van der Waals surface area contributed by atoms with Crippen LogP contribution < -0.4 is 10.6 Å². The SMILES string of the molecule is Cc1ccc(CNC(=O)NCC[C@H](O)C(=O)O)s1. The third-order valence-corrected chi connectivity index (χ3v) is 3.21. The number of aryl methyl sites for hydroxylation is 1. The summed E-state index contributed by atoms with van der Waals surface area (Å²) in [4.78, 5) is 23.9. The second kappa shape index (κ2) is 6.97. The molecule has 18 heavy (non-hydrogen) atoms. The third-order valence-electron chi connectivity index (χ3n) is 2.21. The molecule has 0 bridgehead atoms. The summed E-state index contributed by atoms with van der Waals surface area (Å²) in [6, 6.07) is 3.54. The molecule has 0 unspecified atom stereocenters. The zero-order chi connectivity index (χ0) is 13.5. The van der Waals surface area contributed by atoms with Crippen LogP contribution in [0.4, 0.5) is 4.79 Å². The van der Waals surface area contributed by atoms with Crippen molar-refractivity contribution in [1.29, 1.82) is 0 Å². The Bertz CT molecular complexity index is 419. The summed E-state index contributed by atoms with van der Waals surface area (Å²) in [7, 11) is 0. The summed E-state index contributed by atoms with van der Waals surface area (Å²) in [5, 5.41) is 22.5. The molecule has 2 amide bonds. The van der Waals surface area contributed by atoms with Gasteiger partial charge in [0, 0.05) is 22.7 Å². The number of urea groups is 1. The molecule has 0 radical (unpaired) electrons. The van der Waals surface area contributed by atoms with Gasteiger partial charge in [-0.1, -0.05) is 0 Å². The van der Waals surface area contributed by atoms with E-state index in [1.165, 1.54) is 4.88 Å².